The van der Waals surface area contributed by atoms with Gasteiger partial charge in [0.25, 0.3) is 0 Å². The van der Waals surface area contributed by atoms with Gasteiger partial charge in [-0.2, -0.15) is 14.6 Å². The van der Waals surface area contributed by atoms with Crippen molar-refractivity contribution in [3.63, 3.8) is 0 Å². The molecule has 0 saturated carbocycles. The minimum absolute atomic E-state index is 0.250. The number of anilines is 2. The van der Waals surface area contributed by atoms with Gasteiger partial charge in [0.15, 0.2) is 5.58 Å². The summed E-state index contributed by atoms with van der Waals surface area (Å²) in [5.74, 6) is 0.260. The van der Waals surface area contributed by atoms with E-state index in [9.17, 15) is 4.39 Å². The summed E-state index contributed by atoms with van der Waals surface area (Å²) in [6.45, 7) is 0. The van der Waals surface area contributed by atoms with Crippen molar-refractivity contribution >= 4 is 40.2 Å². The Kier molecular flexibility index (Phi) is 4.05. The third-order valence-corrected chi connectivity index (χ3v) is 3.36. The number of carbonyl (C=O) groups excluding carboxylic acids is 2. The maximum atomic E-state index is 13.2. The van der Waals surface area contributed by atoms with E-state index in [0.29, 0.717) is 17.0 Å². The van der Waals surface area contributed by atoms with Crippen LogP contribution in [-0.2, 0) is 16.6 Å². The molecule has 120 valence electrons. The highest BCUT2D eigenvalue weighted by Crippen LogP contribution is 2.24. The molecule has 0 bridgehead atoms. The number of aromatic nitrogens is 3. The first kappa shape index (κ1) is 15.4. The lowest BCUT2D eigenvalue weighted by molar-refractivity contribution is -0.191. The topological polar surface area (TPSA) is 90.0 Å². The Bertz CT molecular complexity index is 1050. The number of fused-ring (bicyclic) bond motifs is 2. The Morgan fingerprint density at radius 3 is 2.62 bits per heavy atom. The lowest BCUT2D eigenvalue weighted by Gasteiger charge is -2.01. The molecule has 0 amide bonds. The van der Waals surface area contributed by atoms with Crippen LogP contribution in [0.1, 0.15) is 0 Å². The largest absolute Gasteiger partial charge is 0.423 e. The van der Waals surface area contributed by atoms with Crippen LogP contribution < -0.4 is 5.32 Å². The summed E-state index contributed by atoms with van der Waals surface area (Å²) in [7, 11) is 1.90. The van der Waals surface area contributed by atoms with E-state index in [-0.39, 0.29) is 18.0 Å². The van der Waals surface area contributed by atoms with E-state index in [2.05, 4.69) is 15.3 Å². The third-order valence-electron chi connectivity index (χ3n) is 3.36. The maximum Gasteiger partial charge on any atom is 0.373 e. The smallest absolute Gasteiger partial charge is 0.373 e. The molecule has 4 aromatic rings. The number of oxazole rings is 1. The number of benzene rings is 2. The van der Waals surface area contributed by atoms with Crippen molar-refractivity contribution in [2.24, 2.45) is 7.05 Å². The van der Waals surface area contributed by atoms with Crippen LogP contribution in [0.5, 0.6) is 0 Å². The number of nitrogens with zero attached hydrogens (tertiary/aromatic N) is 3. The Balaban J connectivity index is 0.000000526. The van der Waals surface area contributed by atoms with E-state index in [1.54, 1.807) is 6.07 Å². The molecule has 2 aromatic heterocycles. The van der Waals surface area contributed by atoms with Gasteiger partial charge in [-0.3, -0.25) is 5.32 Å². The molecular formula is C16H11FN4O3. The molecule has 0 atom stereocenters. The second kappa shape index (κ2) is 6.31. The fourth-order valence-electron chi connectivity index (χ4n) is 2.30. The number of rotatable bonds is 2. The van der Waals surface area contributed by atoms with Gasteiger partial charge in [0.05, 0.1) is 11.0 Å². The molecule has 7 nitrogen and oxygen atoms in total. The van der Waals surface area contributed by atoms with E-state index in [1.807, 2.05) is 35.9 Å². The monoisotopic (exact) mass is 326 g/mol. The zero-order valence-electron chi connectivity index (χ0n) is 12.5. The first-order valence-electron chi connectivity index (χ1n) is 6.86. The van der Waals surface area contributed by atoms with Gasteiger partial charge in [0.2, 0.25) is 5.95 Å². The van der Waals surface area contributed by atoms with Gasteiger partial charge in [-0.15, -0.1) is 0 Å². The van der Waals surface area contributed by atoms with Gasteiger partial charge in [-0.25, -0.2) is 9.37 Å². The van der Waals surface area contributed by atoms with Crippen LogP contribution in [0.3, 0.4) is 0 Å². The molecular weight excluding hydrogens is 315 g/mol. The molecule has 0 spiro atoms. The predicted octanol–water partition coefficient (Wildman–Crippen LogP) is 3.01. The van der Waals surface area contributed by atoms with Crippen LogP contribution in [0.2, 0.25) is 0 Å². The summed E-state index contributed by atoms with van der Waals surface area (Å²) in [6, 6.07) is 12.3. The summed E-state index contributed by atoms with van der Waals surface area (Å²) in [4.78, 5) is 25.0. The van der Waals surface area contributed by atoms with E-state index in [1.165, 1.54) is 12.1 Å². The maximum absolute atomic E-state index is 13.2. The lowest BCUT2D eigenvalue weighted by atomic mass is 10.3. The number of para-hydroxylation sites is 2. The molecule has 0 aliphatic carbocycles. The number of imidazole rings is 1. The standard InChI is InChI=1S/C15H11FN4O.CO2/c1-20-12-5-3-2-4-10(12)17-14(20)19-15-18-11-7-6-9(16)8-13(11)21-15;2-1-3/h2-8H,1H3,(H,17,18,19);. The normalized spacial score (nSPS) is 10.2. The second-order valence-electron chi connectivity index (χ2n) is 4.82. The van der Waals surface area contributed by atoms with E-state index in [4.69, 9.17) is 14.0 Å². The fraction of sp³-hybridized carbons (Fsp3) is 0.0625. The van der Waals surface area contributed by atoms with Gasteiger partial charge in [0.1, 0.15) is 11.3 Å². The molecule has 0 aliphatic rings. The molecule has 24 heavy (non-hydrogen) atoms. The van der Waals surface area contributed by atoms with Crippen LogP contribution in [0, 0.1) is 5.82 Å². The Hall–Kier alpha value is -3.51. The highest BCUT2D eigenvalue weighted by Gasteiger charge is 2.11. The number of hydrogen-bond donors (Lipinski definition) is 1. The molecule has 0 unspecified atom stereocenters. The molecule has 1 N–H and O–H groups in total. The van der Waals surface area contributed by atoms with Gasteiger partial charge in [-0.1, -0.05) is 12.1 Å². The fourth-order valence-corrected chi connectivity index (χ4v) is 2.30. The zero-order chi connectivity index (χ0) is 17.1. The summed E-state index contributed by atoms with van der Waals surface area (Å²) >= 11 is 0. The number of halogens is 1. The van der Waals surface area contributed by atoms with Crippen molar-refractivity contribution in [1.82, 2.24) is 14.5 Å². The predicted molar refractivity (Wildman–Crippen MR) is 83.0 cm³/mol. The average molecular weight is 326 g/mol. The Labute approximate surface area is 134 Å². The first-order valence-corrected chi connectivity index (χ1v) is 6.86. The quantitative estimate of drug-likeness (QED) is 0.609. The van der Waals surface area contributed by atoms with Crippen LogP contribution >= 0.6 is 0 Å². The minimum Gasteiger partial charge on any atom is -0.423 e. The van der Waals surface area contributed by atoms with Crippen molar-refractivity contribution in [1.29, 1.82) is 0 Å². The van der Waals surface area contributed by atoms with Crippen LogP contribution in [0.25, 0.3) is 22.1 Å². The van der Waals surface area contributed by atoms with Crippen LogP contribution in [-0.4, -0.2) is 20.7 Å². The van der Waals surface area contributed by atoms with Crippen molar-refractivity contribution in [3.8, 4) is 0 Å². The van der Waals surface area contributed by atoms with Crippen molar-refractivity contribution in [3.05, 3.63) is 48.3 Å². The van der Waals surface area contributed by atoms with E-state index in [0.717, 1.165) is 11.0 Å². The molecule has 8 heteroatoms. The summed E-state index contributed by atoms with van der Waals surface area (Å²) in [5.41, 5.74) is 2.88. The summed E-state index contributed by atoms with van der Waals surface area (Å²) < 4.78 is 20.5. The van der Waals surface area contributed by atoms with Crippen molar-refractivity contribution in [2.45, 2.75) is 0 Å². The SMILES string of the molecule is Cn1c(Nc2nc3ccc(F)cc3o2)nc2ccccc21.O=C=O. The lowest BCUT2D eigenvalue weighted by Crippen LogP contribution is -1.98. The van der Waals surface area contributed by atoms with Crippen molar-refractivity contribution in [2.75, 3.05) is 5.32 Å². The molecule has 0 aliphatic heterocycles. The van der Waals surface area contributed by atoms with Gasteiger partial charge >= 0.3 is 12.2 Å². The van der Waals surface area contributed by atoms with Crippen LogP contribution in [0.15, 0.2) is 46.9 Å². The summed E-state index contributed by atoms with van der Waals surface area (Å²) in [5, 5.41) is 3.02. The van der Waals surface area contributed by atoms with Gasteiger partial charge in [0, 0.05) is 13.1 Å². The number of nitrogens with one attached hydrogen (secondary N) is 1. The third kappa shape index (κ3) is 2.86. The molecule has 0 radical (unpaired) electrons. The van der Waals surface area contributed by atoms with E-state index >= 15 is 0 Å². The van der Waals surface area contributed by atoms with Crippen molar-refractivity contribution < 1.29 is 18.4 Å². The zero-order valence-corrected chi connectivity index (χ0v) is 12.5. The average Bonchev–Trinajstić information content (AvgIpc) is 3.09. The molecule has 2 aromatic carbocycles. The minimum atomic E-state index is -0.354. The number of hydrogen-bond acceptors (Lipinski definition) is 6. The first-order chi connectivity index (χ1) is 11.6. The molecule has 4 rings (SSSR count). The highest BCUT2D eigenvalue weighted by atomic mass is 19.1. The van der Waals surface area contributed by atoms with Gasteiger partial charge < -0.3 is 8.98 Å². The molecule has 0 saturated heterocycles. The molecule has 0 fully saturated rings. The Morgan fingerprint density at radius 2 is 1.88 bits per heavy atom. The van der Waals surface area contributed by atoms with E-state index < -0.39 is 0 Å². The molecule has 2 heterocycles. The number of aryl methyl sites for hydroxylation is 1. The van der Waals surface area contributed by atoms with Gasteiger partial charge in [-0.05, 0) is 24.3 Å². The summed E-state index contributed by atoms with van der Waals surface area (Å²) in [6.07, 6.45) is 0.250. The van der Waals surface area contributed by atoms with Crippen LogP contribution in [0.4, 0.5) is 16.4 Å². The highest BCUT2D eigenvalue weighted by molar-refractivity contribution is 5.80. The second-order valence-corrected chi connectivity index (χ2v) is 4.82. The Morgan fingerprint density at radius 1 is 1.12 bits per heavy atom.